The lowest BCUT2D eigenvalue weighted by atomic mass is 9.64. The number of aromatic nitrogens is 2. The molecule has 0 radical (unpaired) electrons. The van der Waals surface area contributed by atoms with E-state index in [1.165, 1.54) is 5.56 Å². The number of piperidine rings is 1. The van der Waals surface area contributed by atoms with Crippen molar-refractivity contribution in [1.29, 1.82) is 0 Å². The first-order valence-electron chi connectivity index (χ1n) is 12.6. The second-order valence-corrected chi connectivity index (χ2v) is 10.5. The first-order valence-corrected chi connectivity index (χ1v) is 12.6. The summed E-state index contributed by atoms with van der Waals surface area (Å²) in [5.74, 6) is 0.158. The molecule has 1 aromatic heterocycles. The van der Waals surface area contributed by atoms with Gasteiger partial charge in [-0.2, -0.15) is 5.10 Å². The molecule has 2 aliphatic heterocycles. The van der Waals surface area contributed by atoms with Gasteiger partial charge in [-0.05, 0) is 56.6 Å². The molecule has 1 saturated carbocycles. The second kappa shape index (κ2) is 8.62. The maximum atomic E-state index is 13.9. The lowest BCUT2D eigenvalue weighted by Crippen LogP contribution is -2.62. The Kier molecular flexibility index (Phi) is 5.79. The van der Waals surface area contributed by atoms with E-state index in [-0.39, 0.29) is 41.4 Å². The van der Waals surface area contributed by atoms with Crippen molar-refractivity contribution >= 4 is 11.8 Å². The Hall–Kier alpha value is -2.63. The van der Waals surface area contributed by atoms with Crippen LogP contribution in [0, 0.1) is 5.41 Å². The zero-order valence-electron chi connectivity index (χ0n) is 20.1. The monoisotopic (exact) mass is 448 g/mol. The molecule has 6 nitrogen and oxygen atoms in total. The number of aryl methyl sites for hydroxylation is 1. The van der Waals surface area contributed by atoms with Gasteiger partial charge in [0.25, 0.3) is 5.91 Å². The van der Waals surface area contributed by atoms with Crippen LogP contribution in [0.15, 0.2) is 36.4 Å². The summed E-state index contributed by atoms with van der Waals surface area (Å²) in [5, 5.41) is 7.51. The summed E-state index contributed by atoms with van der Waals surface area (Å²) in [4.78, 5) is 31.2. The van der Waals surface area contributed by atoms with E-state index < -0.39 is 0 Å². The van der Waals surface area contributed by atoms with Gasteiger partial charge in [-0.25, -0.2) is 0 Å². The number of carbonyl (C=O) groups excluding carboxylic acids is 2. The minimum absolute atomic E-state index is 0.00599. The largest absolute Gasteiger partial charge is 0.334 e. The van der Waals surface area contributed by atoms with Gasteiger partial charge in [0.15, 0.2) is 0 Å². The van der Waals surface area contributed by atoms with Gasteiger partial charge in [0.2, 0.25) is 5.91 Å². The van der Waals surface area contributed by atoms with Crippen LogP contribution in [0.25, 0.3) is 0 Å². The van der Waals surface area contributed by atoms with Crippen molar-refractivity contribution in [1.82, 2.24) is 20.0 Å². The smallest absolute Gasteiger partial charge is 0.274 e. The van der Waals surface area contributed by atoms with E-state index in [2.05, 4.69) is 58.1 Å². The number of hydrogen-bond acceptors (Lipinski definition) is 3. The molecule has 2 bridgehead atoms. The van der Waals surface area contributed by atoms with E-state index in [1.807, 2.05) is 12.1 Å². The molecule has 3 heterocycles. The molecule has 5 atom stereocenters. The summed E-state index contributed by atoms with van der Waals surface area (Å²) < 4.78 is 0. The van der Waals surface area contributed by atoms with Gasteiger partial charge in [0, 0.05) is 30.1 Å². The predicted molar refractivity (Wildman–Crippen MR) is 128 cm³/mol. The Morgan fingerprint density at radius 3 is 2.58 bits per heavy atom. The highest BCUT2D eigenvalue weighted by Crippen LogP contribution is 2.56. The quantitative estimate of drug-likeness (QED) is 0.714. The van der Waals surface area contributed by atoms with Gasteiger partial charge in [-0.15, -0.1) is 0 Å². The average molecular weight is 449 g/mol. The molecule has 2 aromatic rings. The molecule has 5 rings (SSSR count). The third-order valence-electron chi connectivity index (χ3n) is 8.49. The zero-order chi connectivity index (χ0) is 23.2. The zero-order valence-corrected chi connectivity index (χ0v) is 20.1. The van der Waals surface area contributed by atoms with Gasteiger partial charge in [0.1, 0.15) is 5.69 Å². The number of nitrogens with zero attached hydrogens (tertiary/aromatic N) is 3. The first kappa shape index (κ1) is 22.2. The Balaban J connectivity index is 1.52. The van der Waals surface area contributed by atoms with Gasteiger partial charge in [-0.1, -0.05) is 50.6 Å². The summed E-state index contributed by atoms with van der Waals surface area (Å²) in [5.41, 5.74) is 2.71. The first-order chi connectivity index (χ1) is 15.9. The lowest BCUT2D eigenvalue weighted by Gasteiger charge is -2.52. The van der Waals surface area contributed by atoms with Crippen molar-refractivity contribution < 1.29 is 9.59 Å². The average Bonchev–Trinajstić information content (AvgIpc) is 3.39. The highest BCUT2D eigenvalue weighted by Gasteiger charge is 2.64. The number of nitrogens with one attached hydrogen (secondary N) is 1. The minimum atomic E-state index is -0.0568. The number of amides is 2. The fourth-order valence-electron chi connectivity index (χ4n) is 7.02. The molecule has 1 aromatic carbocycles. The molecular weight excluding hydrogens is 412 g/mol. The van der Waals surface area contributed by atoms with Crippen molar-refractivity contribution in [3.8, 4) is 0 Å². The number of rotatable bonds is 6. The van der Waals surface area contributed by atoms with E-state index in [0.717, 1.165) is 57.1 Å². The van der Waals surface area contributed by atoms with Crippen molar-refractivity contribution in [2.75, 3.05) is 0 Å². The molecule has 2 amide bonds. The third-order valence-corrected chi connectivity index (χ3v) is 8.49. The number of carbonyl (C=O) groups is 2. The van der Waals surface area contributed by atoms with Crippen LogP contribution in [-0.2, 0) is 17.6 Å². The summed E-state index contributed by atoms with van der Waals surface area (Å²) in [6, 6.07) is 12.7. The summed E-state index contributed by atoms with van der Waals surface area (Å²) in [7, 11) is 0. The van der Waals surface area contributed by atoms with Crippen molar-refractivity contribution in [3.05, 3.63) is 53.3 Å². The van der Waals surface area contributed by atoms with Gasteiger partial charge in [-0.3, -0.25) is 14.7 Å². The van der Waals surface area contributed by atoms with E-state index >= 15 is 0 Å². The fourth-order valence-corrected chi connectivity index (χ4v) is 7.02. The molecule has 3 aliphatic rings. The van der Waals surface area contributed by atoms with Crippen LogP contribution in [-0.4, -0.2) is 56.0 Å². The van der Waals surface area contributed by atoms with Crippen molar-refractivity contribution in [2.45, 2.75) is 96.3 Å². The number of fused-ring (bicyclic) bond motifs is 1. The van der Waals surface area contributed by atoms with Crippen molar-refractivity contribution in [2.24, 2.45) is 5.41 Å². The normalized spacial score (nSPS) is 30.5. The number of hydrogen-bond donors (Lipinski definition) is 1. The van der Waals surface area contributed by atoms with E-state index in [4.69, 9.17) is 0 Å². The molecule has 0 unspecified atom stereocenters. The Bertz CT molecular complexity index is 1020. The number of likely N-dealkylation sites (tertiary alicyclic amines) is 2. The molecule has 2 saturated heterocycles. The van der Waals surface area contributed by atoms with Gasteiger partial charge < -0.3 is 9.80 Å². The molecule has 1 N–H and O–H groups in total. The number of aromatic amines is 1. The van der Waals surface area contributed by atoms with E-state index in [1.54, 1.807) is 6.92 Å². The highest BCUT2D eigenvalue weighted by molar-refractivity contribution is 5.93. The van der Waals surface area contributed by atoms with Crippen LogP contribution in [0.3, 0.4) is 0 Å². The van der Waals surface area contributed by atoms with Crippen LogP contribution < -0.4 is 0 Å². The number of unbranched alkanes of at least 4 members (excludes halogenated alkanes) is 1. The number of benzene rings is 1. The van der Waals surface area contributed by atoms with Gasteiger partial charge >= 0.3 is 0 Å². The maximum absolute atomic E-state index is 13.9. The molecule has 3 fully saturated rings. The number of H-pyrrole nitrogens is 1. The third kappa shape index (κ3) is 3.68. The summed E-state index contributed by atoms with van der Waals surface area (Å²) >= 11 is 0. The van der Waals surface area contributed by atoms with Crippen LogP contribution in [0.5, 0.6) is 0 Å². The van der Waals surface area contributed by atoms with E-state index in [9.17, 15) is 9.59 Å². The minimum Gasteiger partial charge on any atom is -0.334 e. The molecule has 33 heavy (non-hydrogen) atoms. The summed E-state index contributed by atoms with van der Waals surface area (Å²) in [6.45, 7) is 6.18. The summed E-state index contributed by atoms with van der Waals surface area (Å²) in [6.07, 6.45) is 7.92. The fraction of sp³-hybridized carbons (Fsp3) is 0.593. The van der Waals surface area contributed by atoms with Crippen LogP contribution >= 0.6 is 0 Å². The molecule has 1 aliphatic carbocycles. The Morgan fingerprint density at radius 1 is 1.15 bits per heavy atom. The molecule has 0 spiro atoms. The molecular formula is C27H36N4O2. The lowest BCUT2D eigenvalue weighted by molar-refractivity contribution is -0.142. The Morgan fingerprint density at radius 2 is 1.88 bits per heavy atom. The van der Waals surface area contributed by atoms with Crippen LogP contribution in [0.1, 0.15) is 81.0 Å². The highest BCUT2D eigenvalue weighted by atomic mass is 16.2. The topological polar surface area (TPSA) is 69.3 Å². The van der Waals surface area contributed by atoms with Crippen LogP contribution in [0.4, 0.5) is 0 Å². The SMILES string of the molecule is CCCCc1cc(C(=O)N2[C@H]3CCC[C@H]4N(C(C)=O)[C@H](Cc5ccccc5)[C@@H]2C[C@@]34C)n[nH]1. The van der Waals surface area contributed by atoms with E-state index in [0.29, 0.717) is 5.69 Å². The van der Waals surface area contributed by atoms with Gasteiger partial charge in [0.05, 0.1) is 12.1 Å². The molecule has 6 heteroatoms. The predicted octanol–water partition coefficient (Wildman–Crippen LogP) is 4.37. The second-order valence-electron chi connectivity index (χ2n) is 10.5. The maximum Gasteiger partial charge on any atom is 0.274 e. The van der Waals surface area contributed by atoms with Crippen LogP contribution in [0.2, 0.25) is 0 Å². The molecule has 176 valence electrons. The Labute approximate surface area is 196 Å². The standard InChI is InChI=1S/C27H36N4O2/c1-4-5-12-20-16-21(29-28-20)26(33)31-23-17-27(3)24(13-9-14-25(27)31)30(18(2)32)22(23)15-19-10-7-6-8-11-19/h6-8,10-11,16,22-25H,4-5,9,12-15,17H2,1-3H3,(H,28,29)/t22-,23+,24-,25+,27-/m1/s1. The van der Waals surface area contributed by atoms with Crippen molar-refractivity contribution in [3.63, 3.8) is 0 Å².